The number of carbonyl (C=O) groups is 2. The molecule has 0 spiro atoms. The number of anilines is 3. The third-order valence-corrected chi connectivity index (χ3v) is 2.52. The Hall–Kier alpha value is -2.83. The second kappa shape index (κ2) is 6.56. The highest BCUT2D eigenvalue weighted by Gasteiger charge is 2.05. The molecule has 0 aliphatic heterocycles. The molecule has 0 saturated carbocycles. The molecule has 21 heavy (non-hydrogen) atoms. The monoisotopic (exact) mass is 288 g/mol. The van der Waals surface area contributed by atoms with Gasteiger partial charge in [-0.1, -0.05) is 11.2 Å². The molecule has 110 valence electrons. The topological polar surface area (TPSA) is 96.3 Å². The minimum atomic E-state index is -0.226. The van der Waals surface area contributed by atoms with Crippen LogP contribution in [0.2, 0.25) is 0 Å². The molecule has 7 heteroatoms. The van der Waals surface area contributed by atoms with Gasteiger partial charge in [-0.15, -0.1) is 0 Å². The average molecular weight is 288 g/mol. The molecule has 0 aliphatic carbocycles. The lowest BCUT2D eigenvalue weighted by atomic mass is 10.2. The second-order valence-electron chi connectivity index (χ2n) is 4.49. The van der Waals surface area contributed by atoms with Crippen LogP contribution in [-0.2, 0) is 9.59 Å². The van der Waals surface area contributed by atoms with Crippen LogP contribution in [0.3, 0.4) is 0 Å². The van der Waals surface area contributed by atoms with Gasteiger partial charge >= 0.3 is 0 Å². The number of hydrogen-bond donors (Lipinski definition) is 3. The molecular weight excluding hydrogens is 272 g/mol. The fraction of sp³-hybridized carbons (Fsp3) is 0.214. The van der Waals surface area contributed by atoms with E-state index >= 15 is 0 Å². The summed E-state index contributed by atoms with van der Waals surface area (Å²) in [6.07, 6.45) is 0. The first-order valence-corrected chi connectivity index (χ1v) is 6.37. The van der Waals surface area contributed by atoms with Gasteiger partial charge in [0.2, 0.25) is 11.8 Å². The summed E-state index contributed by atoms with van der Waals surface area (Å²) in [5, 5.41) is 11.9. The second-order valence-corrected chi connectivity index (χ2v) is 4.49. The fourth-order valence-electron chi connectivity index (χ4n) is 1.70. The molecule has 1 aromatic heterocycles. The highest BCUT2D eigenvalue weighted by atomic mass is 16.5. The smallest absolute Gasteiger partial charge is 0.243 e. The Labute approximate surface area is 121 Å². The van der Waals surface area contributed by atoms with Crippen LogP contribution in [0.25, 0.3) is 0 Å². The lowest BCUT2D eigenvalue weighted by molar-refractivity contribution is -0.115. The minimum Gasteiger partial charge on any atom is -0.360 e. The molecule has 0 radical (unpaired) electrons. The third kappa shape index (κ3) is 4.64. The highest BCUT2D eigenvalue weighted by Crippen LogP contribution is 2.15. The summed E-state index contributed by atoms with van der Waals surface area (Å²) in [6, 6.07) is 8.61. The van der Waals surface area contributed by atoms with Gasteiger partial charge < -0.3 is 20.5 Å². The van der Waals surface area contributed by atoms with Crippen LogP contribution in [-0.4, -0.2) is 23.5 Å². The van der Waals surface area contributed by atoms with Gasteiger partial charge in [0, 0.05) is 24.4 Å². The van der Waals surface area contributed by atoms with E-state index in [0.717, 1.165) is 0 Å². The Balaban J connectivity index is 1.88. The van der Waals surface area contributed by atoms with Gasteiger partial charge in [0.15, 0.2) is 5.82 Å². The van der Waals surface area contributed by atoms with E-state index in [4.69, 9.17) is 4.52 Å². The van der Waals surface area contributed by atoms with E-state index in [1.165, 1.54) is 6.92 Å². The van der Waals surface area contributed by atoms with Crippen LogP contribution in [0.5, 0.6) is 0 Å². The van der Waals surface area contributed by atoms with Gasteiger partial charge in [-0.05, 0) is 25.1 Å². The van der Waals surface area contributed by atoms with Crippen molar-refractivity contribution in [2.75, 3.05) is 22.5 Å². The Kier molecular flexibility index (Phi) is 4.55. The molecule has 1 aromatic carbocycles. The van der Waals surface area contributed by atoms with Gasteiger partial charge in [0.05, 0.1) is 6.54 Å². The van der Waals surface area contributed by atoms with Crippen LogP contribution in [0, 0.1) is 6.92 Å². The zero-order chi connectivity index (χ0) is 15.2. The molecule has 0 bridgehead atoms. The van der Waals surface area contributed by atoms with E-state index < -0.39 is 0 Å². The number of hydrogen-bond acceptors (Lipinski definition) is 5. The number of benzene rings is 1. The van der Waals surface area contributed by atoms with Crippen LogP contribution < -0.4 is 16.0 Å². The van der Waals surface area contributed by atoms with Crippen molar-refractivity contribution < 1.29 is 14.1 Å². The van der Waals surface area contributed by atoms with Crippen molar-refractivity contribution in [1.82, 2.24) is 5.16 Å². The largest absolute Gasteiger partial charge is 0.360 e. The van der Waals surface area contributed by atoms with Gasteiger partial charge in [-0.25, -0.2) is 0 Å². The van der Waals surface area contributed by atoms with Crippen molar-refractivity contribution in [3.8, 4) is 0 Å². The molecule has 0 fully saturated rings. The van der Waals surface area contributed by atoms with Crippen LogP contribution in [0.1, 0.15) is 12.7 Å². The molecular formula is C14H16N4O3. The lowest BCUT2D eigenvalue weighted by Gasteiger charge is -2.08. The van der Waals surface area contributed by atoms with E-state index in [0.29, 0.717) is 23.0 Å². The molecule has 1 heterocycles. The first kappa shape index (κ1) is 14.6. The summed E-state index contributed by atoms with van der Waals surface area (Å²) >= 11 is 0. The summed E-state index contributed by atoms with van der Waals surface area (Å²) in [5.41, 5.74) is 1.23. The van der Waals surface area contributed by atoms with Crippen LogP contribution >= 0.6 is 0 Å². The molecule has 2 rings (SSSR count). The Morgan fingerprint density at radius 2 is 1.90 bits per heavy atom. The first-order valence-electron chi connectivity index (χ1n) is 6.37. The van der Waals surface area contributed by atoms with Gasteiger partial charge in [-0.3, -0.25) is 9.59 Å². The Morgan fingerprint density at radius 1 is 1.19 bits per heavy atom. The predicted molar refractivity (Wildman–Crippen MR) is 79.1 cm³/mol. The number of aryl methyl sites for hydroxylation is 1. The number of rotatable bonds is 5. The molecule has 0 saturated heterocycles. The molecule has 0 unspecified atom stereocenters. The predicted octanol–water partition coefficient (Wildman–Crippen LogP) is 1.99. The Morgan fingerprint density at radius 3 is 2.52 bits per heavy atom. The average Bonchev–Trinajstić information content (AvgIpc) is 2.82. The zero-order valence-corrected chi connectivity index (χ0v) is 11.8. The molecule has 7 nitrogen and oxygen atoms in total. The first-order chi connectivity index (χ1) is 10.0. The maximum absolute atomic E-state index is 11.8. The standard InChI is InChI=1S/C14H16N4O3/c1-9-6-13(18-21-9)15-8-14(20)17-12-5-3-4-11(7-12)16-10(2)19/h3-7H,8H2,1-2H3,(H,15,18)(H,16,19)(H,17,20). The maximum Gasteiger partial charge on any atom is 0.243 e. The molecule has 0 atom stereocenters. The SMILES string of the molecule is CC(=O)Nc1cccc(NC(=O)CNc2cc(C)on2)c1. The number of amides is 2. The number of nitrogens with one attached hydrogen (secondary N) is 3. The van der Waals surface area contributed by atoms with E-state index in [-0.39, 0.29) is 18.4 Å². The summed E-state index contributed by atoms with van der Waals surface area (Å²) in [5.74, 6) is 0.785. The molecule has 0 aliphatic rings. The van der Waals surface area contributed by atoms with Crippen molar-refractivity contribution in [2.45, 2.75) is 13.8 Å². The Bertz CT molecular complexity index is 651. The van der Waals surface area contributed by atoms with Crippen molar-refractivity contribution in [3.63, 3.8) is 0 Å². The minimum absolute atomic E-state index is 0.0658. The lowest BCUT2D eigenvalue weighted by Crippen LogP contribution is -2.21. The summed E-state index contributed by atoms with van der Waals surface area (Å²) in [4.78, 5) is 22.8. The zero-order valence-electron chi connectivity index (χ0n) is 11.8. The number of aromatic nitrogens is 1. The highest BCUT2D eigenvalue weighted by molar-refractivity contribution is 5.95. The van der Waals surface area contributed by atoms with Crippen molar-refractivity contribution in [3.05, 3.63) is 36.1 Å². The molecule has 2 aromatic rings. The van der Waals surface area contributed by atoms with E-state index in [9.17, 15) is 9.59 Å². The summed E-state index contributed by atoms with van der Waals surface area (Å²) in [6.45, 7) is 3.26. The summed E-state index contributed by atoms with van der Waals surface area (Å²) < 4.78 is 4.88. The summed E-state index contributed by atoms with van der Waals surface area (Å²) in [7, 11) is 0. The molecule has 2 amide bonds. The van der Waals surface area contributed by atoms with E-state index in [2.05, 4.69) is 21.1 Å². The molecule has 3 N–H and O–H groups in total. The number of carbonyl (C=O) groups excluding carboxylic acids is 2. The van der Waals surface area contributed by atoms with Gasteiger partial charge in [0.25, 0.3) is 0 Å². The van der Waals surface area contributed by atoms with Crippen molar-refractivity contribution >= 4 is 29.0 Å². The maximum atomic E-state index is 11.8. The quantitative estimate of drug-likeness (QED) is 0.782. The third-order valence-electron chi connectivity index (χ3n) is 2.52. The van der Waals surface area contributed by atoms with E-state index in [1.807, 2.05) is 0 Å². The normalized spacial score (nSPS) is 10.0. The van der Waals surface area contributed by atoms with Crippen LogP contribution in [0.15, 0.2) is 34.9 Å². The van der Waals surface area contributed by atoms with Crippen LogP contribution in [0.4, 0.5) is 17.2 Å². The number of nitrogens with zero attached hydrogens (tertiary/aromatic N) is 1. The van der Waals surface area contributed by atoms with Gasteiger partial charge in [-0.2, -0.15) is 0 Å². The van der Waals surface area contributed by atoms with E-state index in [1.54, 1.807) is 37.3 Å². The van der Waals surface area contributed by atoms with Crippen molar-refractivity contribution in [2.24, 2.45) is 0 Å². The fourth-order valence-corrected chi connectivity index (χ4v) is 1.70. The van der Waals surface area contributed by atoms with Gasteiger partial charge in [0.1, 0.15) is 5.76 Å². The van der Waals surface area contributed by atoms with Crippen molar-refractivity contribution in [1.29, 1.82) is 0 Å².